The molecular weight excluding hydrogens is 402 g/mol. The van der Waals surface area contributed by atoms with Crippen LogP contribution in [0.2, 0.25) is 0 Å². The van der Waals surface area contributed by atoms with Crippen molar-refractivity contribution in [2.75, 3.05) is 0 Å². The summed E-state index contributed by atoms with van der Waals surface area (Å²) in [6, 6.07) is 25.3. The van der Waals surface area contributed by atoms with Crippen LogP contribution in [0.1, 0.15) is 24.1 Å². The molecule has 0 aliphatic carbocycles. The molecule has 1 heterocycles. The van der Waals surface area contributed by atoms with Crippen molar-refractivity contribution in [3.63, 3.8) is 0 Å². The maximum absolute atomic E-state index is 13.2. The Morgan fingerprint density at radius 2 is 1.53 bits per heavy atom. The number of amides is 2. The lowest BCUT2D eigenvalue weighted by Crippen LogP contribution is -2.49. The number of para-hydroxylation sites is 2. The van der Waals surface area contributed by atoms with E-state index in [4.69, 9.17) is 4.74 Å². The number of fused-ring (bicyclic) bond motifs is 1. The molecule has 32 heavy (non-hydrogen) atoms. The number of rotatable bonds is 7. The zero-order valence-electron chi connectivity index (χ0n) is 17.7. The summed E-state index contributed by atoms with van der Waals surface area (Å²) in [5.41, 5.74) is 2.90. The first-order valence-electron chi connectivity index (χ1n) is 10.5. The largest absolute Gasteiger partial charge is 0.413 e. The number of carbonyl (C=O) groups excluding carboxylic acids is 2. The van der Waals surface area contributed by atoms with Gasteiger partial charge < -0.3 is 20.4 Å². The summed E-state index contributed by atoms with van der Waals surface area (Å²) in [7, 11) is 0. The van der Waals surface area contributed by atoms with E-state index in [1.165, 1.54) is 0 Å². The summed E-state index contributed by atoms with van der Waals surface area (Å²) in [5, 5.41) is 6.76. The normalized spacial score (nSPS) is 12.7. The van der Waals surface area contributed by atoms with Crippen molar-refractivity contribution in [2.24, 2.45) is 0 Å². The highest BCUT2D eigenvalue weighted by molar-refractivity contribution is 5.88. The lowest BCUT2D eigenvalue weighted by molar-refractivity contribution is -0.123. The molecule has 0 fully saturated rings. The van der Waals surface area contributed by atoms with Gasteiger partial charge in [-0.1, -0.05) is 66.7 Å². The predicted octanol–water partition coefficient (Wildman–Crippen LogP) is 4.75. The van der Waals surface area contributed by atoms with Crippen LogP contribution in [0.3, 0.4) is 0 Å². The summed E-state index contributed by atoms with van der Waals surface area (Å²) in [4.78, 5) is 29.0. The summed E-state index contributed by atoms with van der Waals surface area (Å²) in [6.07, 6.45) is 1.51. The minimum Gasteiger partial charge on any atom is -0.410 e. The molecule has 0 aliphatic heterocycles. The van der Waals surface area contributed by atoms with Crippen LogP contribution >= 0.6 is 0 Å². The minimum atomic E-state index is -0.809. The van der Waals surface area contributed by atoms with Gasteiger partial charge in [0.15, 0.2) is 0 Å². The standard InChI is InChI=1S/C26H25N3O3/c1-18(19-10-4-2-5-11-19)28-25(30)24(29-26(31)32-21-12-6-3-7-13-21)16-20-17-27-23-15-9-8-14-22(20)23/h2-15,17-18,24,27H,16H2,1H3,(H,28,30)(H,29,31)/t18-,24+/m1/s1. The van der Waals surface area contributed by atoms with Crippen molar-refractivity contribution in [2.45, 2.75) is 25.4 Å². The molecule has 0 unspecified atom stereocenters. The number of H-pyrrole nitrogens is 1. The number of nitrogens with one attached hydrogen (secondary N) is 3. The molecule has 0 bridgehead atoms. The number of aromatic amines is 1. The van der Waals surface area contributed by atoms with Crippen LogP contribution in [0.15, 0.2) is 91.1 Å². The zero-order chi connectivity index (χ0) is 22.3. The van der Waals surface area contributed by atoms with Gasteiger partial charge in [0.1, 0.15) is 11.8 Å². The van der Waals surface area contributed by atoms with Gasteiger partial charge in [-0.15, -0.1) is 0 Å². The van der Waals surface area contributed by atoms with Gasteiger partial charge in [0.05, 0.1) is 6.04 Å². The number of ether oxygens (including phenoxy) is 1. The third kappa shape index (κ3) is 5.16. The van der Waals surface area contributed by atoms with E-state index >= 15 is 0 Å². The van der Waals surface area contributed by atoms with Gasteiger partial charge in [-0.25, -0.2) is 4.79 Å². The van der Waals surface area contributed by atoms with E-state index in [1.54, 1.807) is 24.3 Å². The lowest BCUT2D eigenvalue weighted by atomic mass is 10.0. The quantitative estimate of drug-likeness (QED) is 0.398. The van der Waals surface area contributed by atoms with E-state index < -0.39 is 12.1 Å². The first kappa shape index (κ1) is 21.2. The van der Waals surface area contributed by atoms with Crippen LogP contribution in [0.25, 0.3) is 10.9 Å². The third-order valence-corrected chi connectivity index (χ3v) is 5.32. The molecule has 0 saturated heterocycles. The van der Waals surface area contributed by atoms with Gasteiger partial charge in [0.2, 0.25) is 5.91 Å². The second-order valence-electron chi connectivity index (χ2n) is 7.60. The number of hydrogen-bond acceptors (Lipinski definition) is 3. The van der Waals surface area contributed by atoms with Crippen molar-refractivity contribution >= 4 is 22.9 Å². The predicted molar refractivity (Wildman–Crippen MR) is 124 cm³/mol. The van der Waals surface area contributed by atoms with Crippen LogP contribution in [0.4, 0.5) is 4.79 Å². The van der Waals surface area contributed by atoms with Gasteiger partial charge in [-0.3, -0.25) is 4.79 Å². The Morgan fingerprint density at radius 3 is 2.28 bits per heavy atom. The second kappa shape index (κ2) is 9.83. The Bertz CT molecular complexity index is 1190. The zero-order valence-corrected chi connectivity index (χ0v) is 17.7. The Hall–Kier alpha value is -4.06. The van der Waals surface area contributed by atoms with E-state index in [1.807, 2.05) is 73.8 Å². The molecule has 2 atom stereocenters. The highest BCUT2D eigenvalue weighted by atomic mass is 16.6. The van der Waals surface area contributed by atoms with Crippen LogP contribution < -0.4 is 15.4 Å². The molecule has 2 amide bonds. The SMILES string of the molecule is C[C@@H](NC(=O)[C@H](Cc1c[nH]c2ccccc12)NC(=O)Oc1ccccc1)c1ccccc1. The maximum Gasteiger partial charge on any atom is 0.413 e. The molecular formula is C26H25N3O3. The average molecular weight is 428 g/mol. The molecule has 162 valence electrons. The van der Waals surface area contributed by atoms with E-state index in [9.17, 15) is 9.59 Å². The van der Waals surface area contributed by atoms with Crippen LogP contribution in [0.5, 0.6) is 5.75 Å². The molecule has 6 heteroatoms. The summed E-state index contributed by atoms with van der Waals surface area (Å²) >= 11 is 0. The molecule has 4 aromatic rings. The van der Waals surface area contributed by atoms with Gasteiger partial charge >= 0.3 is 6.09 Å². The Kier molecular flexibility index (Phi) is 6.51. The first-order chi connectivity index (χ1) is 15.6. The third-order valence-electron chi connectivity index (χ3n) is 5.32. The Morgan fingerprint density at radius 1 is 0.875 bits per heavy atom. The molecule has 4 rings (SSSR count). The molecule has 0 saturated carbocycles. The van der Waals surface area contributed by atoms with Crippen molar-refractivity contribution < 1.29 is 14.3 Å². The van der Waals surface area contributed by atoms with Crippen molar-refractivity contribution in [3.8, 4) is 5.75 Å². The molecule has 1 aromatic heterocycles. The van der Waals surface area contributed by atoms with Crippen LogP contribution in [0, 0.1) is 0 Å². The van der Waals surface area contributed by atoms with E-state index in [0.717, 1.165) is 22.0 Å². The summed E-state index contributed by atoms with van der Waals surface area (Å²) in [5.74, 6) is 0.130. The molecule has 0 spiro atoms. The fraction of sp³-hybridized carbons (Fsp3) is 0.154. The van der Waals surface area contributed by atoms with Crippen molar-refractivity contribution in [1.29, 1.82) is 0 Å². The van der Waals surface area contributed by atoms with Gasteiger partial charge in [0, 0.05) is 23.5 Å². The smallest absolute Gasteiger partial charge is 0.410 e. The molecule has 3 aromatic carbocycles. The Balaban J connectivity index is 1.52. The number of hydrogen-bond donors (Lipinski definition) is 3. The average Bonchev–Trinajstić information content (AvgIpc) is 3.22. The van der Waals surface area contributed by atoms with Crippen LogP contribution in [-0.4, -0.2) is 23.0 Å². The van der Waals surface area contributed by atoms with E-state index in [2.05, 4.69) is 15.6 Å². The fourth-order valence-corrected chi connectivity index (χ4v) is 3.64. The molecule has 3 N–H and O–H groups in total. The maximum atomic E-state index is 13.2. The first-order valence-corrected chi connectivity index (χ1v) is 10.5. The highest BCUT2D eigenvalue weighted by Crippen LogP contribution is 2.20. The molecule has 0 aliphatic rings. The van der Waals surface area contributed by atoms with Crippen molar-refractivity contribution in [3.05, 3.63) is 102 Å². The van der Waals surface area contributed by atoms with Gasteiger partial charge in [-0.05, 0) is 36.2 Å². The van der Waals surface area contributed by atoms with E-state index in [-0.39, 0.29) is 11.9 Å². The molecule has 6 nitrogen and oxygen atoms in total. The topological polar surface area (TPSA) is 83.2 Å². The summed E-state index contributed by atoms with van der Waals surface area (Å²) in [6.45, 7) is 1.91. The number of benzene rings is 3. The monoisotopic (exact) mass is 427 g/mol. The van der Waals surface area contributed by atoms with Gasteiger partial charge in [0.25, 0.3) is 0 Å². The van der Waals surface area contributed by atoms with E-state index in [0.29, 0.717) is 12.2 Å². The number of aromatic nitrogens is 1. The fourth-order valence-electron chi connectivity index (χ4n) is 3.64. The second-order valence-corrected chi connectivity index (χ2v) is 7.60. The summed E-state index contributed by atoms with van der Waals surface area (Å²) < 4.78 is 5.35. The lowest BCUT2D eigenvalue weighted by Gasteiger charge is -2.21. The van der Waals surface area contributed by atoms with Crippen LogP contribution in [-0.2, 0) is 11.2 Å². The Labute approximate surface area is 186 Å². The molecule has 0 radical (unpaired) electrons. The highest BCUT2D eigenvalue weighted by Gasteiger charge is 2.25. The minimum absolute atomic E-state index is 0.207. The van der Waals surface area contributed by atoms with Gasteiger partial charge in [-0.2, -0.15) is 0 Å². The number of carbonyl (C=O) groups is 2. The van der Waals surface area contributed by atoms with Crippen molar-refractivity contribution in [1.82, 2.24) is 15.6 Å².